The van der Waals surface area contributed by atoms with Crippen molar-refractivity contribution in [2.75, 3.05) is 11.9 Å². The van der Waals surface area contributed by atoms with Crippen molar-refractivity contribution in [2.45, 2.75) is 34.1 Å². The van der Waals surface area contributed by atoms with E-state index in [0.717, 1.165) is 24.3 Å². The number of aromatic nitrogens is 1. The summed E-state index contributed by atoms with van der Waals surface area (Å²) in [5.74, 6) is 1.01. The van der Waals surface area contributed by atoms with E-state index in [-0.39, 0.29) is 0 Å². The molecule has 2 heteroatoms. The van der Waals surface area contributed by atoms with Crippen LogP contribution in [-0.4, -0.2) is 11.5 Å². The number of rotatable bonds is 3. The van der Waals surface area contributed by atoms with E-state index < -0.39 is 0 Å². The first-order chi connectivity index (χ1) is 8.46. The van der Waals surface area contributed by atoms with Gasteiger partial charge in [-0.2, -0.15) is 0 Å². The molecular weight excluding hydrogens is 220 g/mol. The number of hydrogen-bond acceptors (Lipinski definition) is 2. The smallest absolute Gasteiger partial charge is 0.129 e. The summed E-state index contributed by atoms with van der Waals surface area (Å²) in [7, 11) is 0. The summed E-state index contributed by atoms with van der Waals surface area (Å²) in [5.41, 5.74) is 2.63. The molecule has 1 heterocycles. The van der Waals surface area contributed by atoms with Crippen LogP contribution in [0.15, 0.2) is 30.3 Å². The molecule has 1 aromatic carbocycles. The number of anilines is 1. The quantitative estimate of drug-likeness (QED) is 0.863. The molecule has 2 rings (SSSR count). The molecule has 0 amide bonds. The van der Waals surface area contributed by atoms with Crippen molar-refractivity contribution in [3.05, 3.63) is 35.9 Å². The molecule has 0 saturated heterocycles. The molecule has 0 aliphatic rings. The van der Waals surface area contributed by atoms with Crippen LogP contribution in [0.4, 0.5) is 5.82 Å². The van der Waals surface area contributed by atoms with Gasteiger partial charge in [-0.15, -0.1) is 0 Å². The fourth-order valence-corrected chi connectivity index (χ4v) is 1.96. The van der Waals surface area contributed by atoms with Crippen molar-refractivity contribution in [1.82, 2.24) is 4.98 Å². The number of nitrogens with zero attached hydrogens (tertiary/aromatic N) is 1. The van der Waals surface area contributed by atoms with E-state index in [1.165, 1.54) is 10.9 Å². The molecule has 0 bridgehead atoms. The number of aryl methyl sites for hydroxylation is 1. The maximum atomic E-state index is 4.68. The molecule has 0 radical (unpaired) electrons. The van der Waals surface area contributed by atoms with E-state index >= 15 is 0 Å². The zero-order chi connectivity index (χ0) is 13.2. The van der Waals surface area contributed by atoms with Gasteiger partial charge in [0.05, 0.1) is 5.52 Å². The molecule has 2 aromatic rings. The minimum absolute atomic E-state index is 0.359. The third-order valence-corrected chi connectivity index (χ3v) is 3.08. The molecule has 0 aliphatic heterocycles. The van der Waals surface area contributed by atoms with Gasteiger partial charge in [0.25, 0.3) is 0 Å². The zero-order valence-corrected chi connectivity index (χ0v) is 11.7. The molecule has 1 aromatic heterocycles. The largest absolute Gasteiger partial charge is 0.370 e. The SMILES string of the molecule is Cc1cc2ccccc2nc1NCCC(C)(C)C. The van der Waals surface area contributed by atoms with Gasteiger partial charge in [-0.25, -0.2) is 4.98 Å². The minimum Gasteiger partial charge on any atom is -0.370 e. The number of para-hydroxylation sites is 1. The Kier molecular flexibility index (Phi) is 3.55. The molecule has 1 N–H and O–H groups in total. The molecule has 0 aliphatic carbocycles. The van der Waals surface area contributed by atoms with E-state index in [4.69, 9.17) is 0 Å². The molecular formula is C16H22N2. The topological polar surface area (TPSA) is 24.9 Å². The Morgan fingerprint density at radius 3 is 2.61 bits per heavy atom. The molecule has 96 valence electrons. The lowest BCUT2D eigenvalue weighted by molar-refractivity contribution is 0.389. The van der Waals surface area contributed by atoms with Crippen LogP contribution in [0.2, 0.25) is 0 Å². The summed E-state index contributed by atoms with van der Waals surface area (Å²) in [6, 6.07) is 10.4. The van der Waals surface area contributed by atoms with Crippen molar-refractivity contribution in [1.29, 1.82) is 0 Å². The average molecular weight is 242 g/mol. The van der Waals surface area contributed by atoms with Crippen LogP contribution in [0.25, 0.3) is 10.9 Å². The molecule has 0 unspecified atom stereocenters. The second-order valence-electron chi connectivity index (χ2n) is 6.08. The monoisotopic (exact) mass is 242 g/mol. The van der Waals surface area contributed by atoms with Crippen LogP contribution in [-0.2, 0) is 0 Å². The third-order valence-electron chi connectivity index (χ3n) is 3.08. The summed E-state index contributed by atoms with van der Waals surface area (Å²) in [6.45, 7) is 9.86. The lowest BCUT2D eigenvalue weighted by Crippen LogP contribution is -2.14. The Morgan fingerprint density at radius 1 is 1.17 bits per heavy atom. The Hall–Kier alpha value is -1.57. The van der Waals surface area contributed by atoms with Gasteiger partial charge >= 0.3 is 0 Å². The maximum absolute atomic E-state index is 4.68. The fraction of sp³-hybridized carbons (Fsp3) is 0.438. The van der Waals surface area contributed by atoms with Crippen LogP contribution < -0.4 is 5.32 Å². The van der Waals surface area contributed by atoms with Crippen LogP contribution in [0.3, 0.4) is 0 Å². The van der Waals surface area contributed by atoms with E-state index in [9.17, 15) is 0 Å². The lowest BCUT2D eigenvalue weighted by Gasteiger charge is -2.19. The maximum Gasteiger partial charge on any atom is 0.129 e. The molecule has 18 heavy (non-hydrogen) atoms. The van der Waals surface area contributed by atoms with E-state index in [2.05, 4.69) is 62.3 Å². The van der Waals surface area contributed by atoms with Crippen molar-refractivity contribution in [2.24, 2.45) is 5.41 Å². The highest BCUT2D eigenvalue weighted by molar-refractivity contribution is 5.81. The molecule has 2 nitrogen and oxygen atoms in total. The Bertz CT molecular complexity index is 538. The fourth-order valence-electron chi connectivity index (χ4n) is 1.96. The van der Waals surface area contributed by atoms with Crippen molar-refractivity contribution in [3.63, 3.8) is 0 Å². The highest BCUT2D eigenvalue weighted by Gasteiger charge is 2.10. The summed E-state index contributed by atoms with van der Waals surface area (Å²) in [6.07, 6.45) is 1.14. The third kappa shape index (κ3) is 3.22. The second kappa shape index (κ2) is 4.97. The predicted octanol–water partition coefficient (Wildman–Crippen LogP) is 4.39. The Labute approximate surface area is 109 Å². The summed E-state index contributed by atoms with van der Waals surface area (Å²) in [4.78, 5) is 4.68. The van der Waals surface area contributed by atoms with Gasteiger partial charge in [-0.05, 0) is 36.5 Å². The van der Waals surface area contributed by atoms with Crippen LogP contribution in [0.5, 0.6) is 0 Å². The van der Waals surface area contributed by atoms with Crippen molar-refractivity contribution < 1.29 is 0 Å². The minimum atomic E-state index is 0.359. The summed E-state index contributed by atoms with van der Waals surface area (Å²) < 4.78 is 0. The van der Waals surface area contributed by atoms with Crippen LogP contribution in [0, 0.1) is 12.3 Å². The normalized spacial score (nSPS) is 11.8. The highest BCUT2D eigenvalue weighted by atomic mass is 15.0. The first kappa shape index (κ1) is 12.9. The summed E-state index contributed by atoms with van der Waals surface area (Å²) in [5, 5.41) is 4.66. The molecule has 0 spiro atoms. The first-order valence-corrected chi connectivity index (χ1v) is 6.56. The first-order valence-electron chi connectivity index (χ1n) is 6.56. The van der Waals surface area contributed by atoms with Crippen LogP contribution in [0.1, 0.15) is 32.8 Å². The van der Waals surface area contributed by atoms with Crippen molar-refractivity contribution >= 4 is 16.7 Å². The van der Waals surface area contributed by atoms with Gasteiger partial charge < -0.3 is 5.32 Å². The van der Waals surface area contributed by atoms with E-state index in [1.807, 2.05) is 6.07 Å². The van der Waals surface area contributed by atoms with Gasteiger partial charge in [-0.3, -0.25) is 0 Å². The highest BCUT2D eigenvalue weighted by Crippen LogP contribution is 2.21. The van der Waals surface area contributed by atoms with Gasteiger partial charge in [0, 0.05) is 11.9 Å². The van der Waals surface area contributed by atoms with Gasteiger partial charge in [0.2, 0.25) is 0 Å². The Morgan fingerprint density at radius 2 is 1.89 bits per heavy atom. The van der Waals surface area contributed by atoms with Crippen LogP contribution >= 0.6 is 0 Å². The lowest BCUT2D eigenvalue weighted by atomic mass is 9.92. The van der Waals surface area contributed by atoms with Gasteiger partial charge in [0.15, 0.2) is 0 Å². The molecule has 0 atom stereocenters. The van der Waals surface area contributed by atoms with E-state index in [0.29, 0.717) is 5.41 Å². The predicted molar refractivity (Wildman–Crippen MR) is 79.0 cm³/mol. The van der Waals surface area contributed by atoms with E-state index in [1.54, 1.807) is 0 Å². The molecule has 0 saturated carbocycles. The Balaban J connectivity index is 2.15. The average Bonchev–Trinajstić information content (AvgIpc) is 2.28. The number of pyridine rings is 1. The van der Waals surface area contributed by atoms with Gasteiger partial charge in [0.1, 0.15) is 5.82 Å². The molecule has 0 fully saturated rings. The van der Waals surface area contributed by atoms with Gasteiger partial charge in [-0.1, -0.05) is 39.0 Å². The number of nitrogens with one attached hydrogen (secondary N) is 1. The second-order valence-corrected chi connectivity index (χ2v) is 6.08. The summed E-state index contributed by atoms with van der Waals surface area (Å²) >= 11 is 0. The van der Waals surface area contributed by atoms with Crippen molar-refractivity contribution in [3.8, 4) is 0 Å². The standard InChI is InChI=1S/C16H22N2/c1-12-11-13-7-5-6-8-14(13)18-15(12)17-10-9-16(2,3)4/h5-8,11H,9-10H2,1-4H3,(H,17,18). The number of hydrogen-bond donors (Lipinski definition) is 1. The number of benzene rings is 1. The number of fused-ring (bicyclic) bond motifs is 1. The zero-order valence-electron chi connectivity index (χ0n) is 11.7.